The highest BCUT2D eigenvalue weighted by Gasteiger charge is 2.40. The summed E-state index contributed by atoms with van der Waals surface area (Å²) in [7, 11) is -3.78. The quantitative estimate of drug-likeness (QED) is 0.675. The van der Waals surface area contributed by atoms with Gasteiger partial charge in [0, 0.05) is 11.9 Å². The Hall–Kier alpha value is -3.06. The zero-order valence-corrected chi connectivity index (χ0v) is 17.1. The lowest BCUT2D eigenvalue weighted by atomic mass is 10.1. The van der Waals surface area contributed by atoms with Crippen molar-refractivity contribution in [3.05, 3.63) is 66.2 Å². The largest absolute Gasteiger partial charge is 0.494 e. The molecular weight excluding hydrogens is 388 g/mol. The van der Waals surface area contributed by atoms with Gasteiger partial charge in [0.15, 0.2) is 0 Å². The summed E-state index contributed by atoms with van der Waals surface area (Å²) in [6.45, 7) is 4.42. The van der Waals surface area contributed by atoms with Crippen LogP contribution in [0.3, 0.4) is 0 Å². The molecule has 1 aliphatic heterocycles. The zero-order valence-electron chi connectivity index (χ0n) is 16.3. The molecule has 29 heavy (non-hydrogen) atoms. The lowest BCUT2D eigenvalue weighted by Gasteiger charge is -2.25. The number of carbonyl (C=O) groups is 1. The first-order chi connectivity index (χ1) is 13.9. The fourth-order valence-electron chi connectivity index (χ4n) is 3.65. The summed E-state index contributed by atoms with van der Waals surface area (Å²) < 4.78 is 32.9. The van der Waals surface area contributed by atoms with Gasteiger partial charge in [0.25, 0.3) is 10.0 Å². The average Bonchev–Trinajstić information content (AvgIpc) is 2.95. The Balaban J connectivity index is 1.54. The predicted molar refractivity (Wildman–Crippen MR) is 113 cm³/mol. The standard InChI is InChI=1S/C22H22N2O4S/c1-3-28-18-12-10-16(11-13-18)14-23-22(25)15(2)24-19-8-4-6-17-7-5-9-20(21(17)19)29(24,26)27/h4-13,15H,3,14H2,1-2H3,(H,23,25)/t15-/m0/s1. The van der Waals surface area contributed by atoms with Crippen LogP contribution in [0.1, 0.15) is 19.4 Å². The van der Waals surface area contributed by atoms with Crippen LogP contribution >= 0.6 is 0 Å². The molecule has 1 amide bonds. The molecule has 1 N–H and O–H groups in total. The molecule has 0 aliphatic carbocycles. The van der Waals surface area contributed by atoms with Crippen LogP contribution in [-0.4, -0.2) is 27.0 Å². The van der Waals surface area contributed by atoms with E-state index in [1.165, 1.54) is 4.31 Å². The second kappa shape index (κ2) is 7.40. The summed E-state index contributed by atoms with van der Waals surface area (Å²) in [6.07, 6.45) is 0. The summed E-state index contributed by atoms with van der Waals surface area (Å²) in [5, 5.41) is 4.35. The number of anilines is 1. The molecule has 0 unspecified atom stereocenters. The summed E-state index contributed by atoms with van der Waals surface area (Å²) in [5.41, 5.74) is 1.45. The molecular formula is C22H22N2O4S. The van der Waals surface area contributed by atoms with Crippen molar-refractivity contribution in [1.29, 1.82) is 0 Å². The molecule has 150 valence electrons. The molecule has 4 rings (SSSR count). The van der Waals surface area contributed by atoms with Gasteiger partial charge in [-0.05, 0) is 49.1 Å². The molecule has 0 saturated heterocycles. The van der Waals surface area contributed by atoms with Gasteiger partial charge >= 0.3 is 0 Å². The molecule has 0 fully saturated rings. The number of benzene rings is 3. The van der Waals surface area contributed by atoms with Gasteiger partial charge in [-0.2, -0.15) is 0 Å². The van der Waals surface area contributed by atoms with E-state index in [1.807, 2.05) is 43.3 Å². The first-order valence-corrected chi connectivity index (χ1v) is 10.9. The fourth-order valence-corrected chi connectivity index (χ4v) is 5.52. The Morgan fingerprint density at radius 2 is 1.76 bits per heavy atom. The number of rotatable bonds is 6. The molecule has 0 bridgehead atoms. The van der Waals surface area contributed by atoms with Crippen molar-refractivity contribution in [2.24, 2.45) is 0 Å². The Labute approximate surface area is 170 Å². The summed E-state index contributed by atoms with van der Waals surface area (Å²) >= 11 is 0. The zero-order chi connectivity index (χ0) is 20.6. The number of amides is 1. The van der Waals surface area contributed by atoms with Crippen molar-refractivity contribution in [2.45, 2.75) is 31.3 Å². The van der Waals surface area contributed by atoms with E-state index in [2.05, 4.69) is 5.32 Å². The highest BCUT2D eigenvalue weighted by atomic mass is 32.2. The van der Waals surface area contributed by atoms with E-state index < -0.39 is 16.1 Å². The van der Waals surface area contributed by atoms with Gasteiger partial charge in [0.05, 0.1) is 17.2 Å². The minimum Gasteiger partial charge on any atom is -0.494 e. The van der Waals surface area contributed by atoms with Gasteiger partial charge in [-0.15, -0.1) is 0 Å². The van der Waals surface area contributed by atoms with E-state index in [0.717, 1.165) is 16.7 Å². The highest BCUT2D eigenvalue weighted by Crippen LogP contribution is 2.43. The second-order valence-electron chi connectivity index (χ2n) is 6.90. The van der Waals surface area contributed by atoms with Crippen LogP contribution in [0.25, 0.3) is 10.8 Å². The topological polar surface area (TPSA) is 75.7 Å². The van der Waals surface area contributed by atoms with E-state index in [-0.39, 0.29) is 10.8 Å². The number of carbonyl (C=O) groups excluding carboxylic acids is 1. The van der Waals surface area contributed by atoms with Crippen molar-refractivity contribution in [1.82, 2.24) is 5.32 Å². The molecule has 1 atom stereocenters. The van der Waals surface area contributed by atoms with E-state index in [0.29, 0.717) is 24.2 Å². The van der Waals surface area contributed by atoms with E-state index >= 15 is 0 Å². The molecule has 7 heteroatoms. The number of hydrogen-bond acceptors (Lipinski definition) is 4. The lowest BCUT2D eigenvalue weighted by Crippen LogP contribution is -2.46. The maximum absolute atomic E-state index is 13.1. The Bertz CT molecular complexity index is 1170. The smallest absolute Gasteiger partial charge is 0.265 e. The van der Waals surface area contributed by atoms with Gasteiger partial charge in [0.1, 0.15) is 11.8 Å². The molecule has 0 spiro atoms. The van der Waals surface area contributed by atoms with Gasteiger partial charge in [-0.25, -0.2) is 8.42 Å². The van der Waals surface area contributed by atoms with Crippen molar-refractivity contribution in [3.63, 3.8) is 0 Å². The number of hydrogen-bond donors (Lipinski definition) is 1. The third-order valence-electron chi connectivity index (χ3n) is 5.05. The highest BCUT2D eigenvalue weighted by molar-refractivity contribution is 7.93. The van der Waals surface area contributed by atoms with Crippen LogP contribution in [0.4, 0.5) is 5.69 Å². The van der Waals surface area contributed by atoms with E-state index in [4.69, 9.17) is 4.74 Å². The third kappa shape index (κ3) is 3.31. The maximum atomic E-state index is 13.1. The first-order valence-electron chi connectivity index (χ1n) is 9.49. The number of nitrogens with zero attached hydrogens (tertiary/aromatic N) is 1. The lowest BCUT2D eigenvalue weighted by molar-refractivity contribution is -0.122. The molecule has 3 aromatic rings. The van der Waals surface area contributed by atoms with Crippen LogP contribution < -0.4 is 14.4 Å². The Morgan fingerprint density at radius 1 is 1.07 bits per heavy atom. The molecule has 0 radical (unpaired) electrons. The molecule has 6 nitrogen and oxygen atoms in total. The van der Waals surface area contributed by atoms with Crippen molar-refractivity contribution in [2.75, 3.05) is 10.9 Å². The summed E-state index contributed by atoms with van der Waals surface area (Å²) in [6, 6.07) is 17.2. The molecule has 0 saturated carbocycles. The van der Waals surface area contributed by atoms with Crippen LogP contribution in [0, 0.1) is 0 Å². The van der Waals surface area contributed by atoms with E-state index in [1.54, 1.807) is 31.2 Å². The van der Waals surface area contributed by atoms with Gasteiger partial charge in [-0.1, -0.05) is 36.4 Å². The van der Waals surface area contributed by atoms with Crippen LogP contribution in [0.2, 0.25) is 0 Å². The average molecular weight is 410 g/mol. The van der Waals surface area contributed by atoms with Crippen LogP contribution in [0.5, 0.6) is 5.75 Å². The van der Waals surface area contributed by atoms with Crippen LogP contribution in [0.15, 0.2) is 65.6 Å². The number of nitrogens with one attached hydrogen (secondary N) is 1. The van der Waals surface area contributed by atoms with E-state index in [9.17, 15) is 13.2 Å². The summed E-state index contributed by atoms with van der Waals surface area (Å²) in [4.78, 5) is 13.0. The maximum Gasteiger partial charge on any atom is 0.265 e. The fraction of sp³-hybridized carbons (Fsp3) is 0.227. The molecule has 1 heterocycles. The SMILES string of the molecule is CCOc1ccc(CNC(=O)[C@H](C)N2c3cccc4cccc(c34)S2(=O)=O)cc1. The minimum atomic E-state index is -3.78. The molecule has 3 aromatic carbocycles. The predicted octanol–water partition coefficient (Wildman–Crippen LogP) is 3.45. The third-order valence-corrected chi connectivity index (χ3v) is 6.98. The van der Waals surface area contributed by atoms with Gasteiger partial charge in [0.2, 0.25) is 5.91 Å². The normalized spacial score (nSPS) is 15.3. The minimum absolute atomic E-state index is 0.247. The molecule has 0 aromatic heterocycles. The summed E-state index contributed by atoms with van der Waals surface area (Å²) in [5.74, 6) is 0.414. The Morgan fingerprint density at radius 3 is 2.45 bits per heavy atom. The molecule has 1 aliphatic rings. The first kappa shape index (κ1) is 19.3. The van der Waals surface area contributed by atoms with Gasteiger partial charge in [-0.3, -0.25) is 9.10 Å². The van der Waals surface area contributed by atoms with Crippen molar-refractivity contribution in [3.8, 4) is 5.75 Å². The van der Waals surface area contributed by atoms with Crippen molar-refractivity contribution >= 4 is 32.4 Å². The monoisotopic (exact) mass is 410 g/mol. The van der Waals surface area contributed by atoms with Gasteiger partial charge < -0.3 is 10.1 Å². The van der Waals surface area contributed by atoms with Crippen molar-refractivity contribution < 1.29 is 17.9 Å². The van der Waals surface area contributed by atoms with Crippen LogP contribution in [-0.2, 0) is 21.4 Å². The number of ether oxygens (including phenoxy) is 1. The Kier molecular flexibility index (Phi) is 4.92. The second-order valence-corrected chi connectivity index (χ2v) is 8.69. The number of sulfonamides is 1.